The molecule has 0 radical (unpaired) electrons. The molecule has 3 heteroatoms. The summed E-state index contributed by atoms with van der Waals surface area (Å²) in [5.74, 6) is 0. The van der Waals surface area contributed by atoms with E-state index < -0.39 is 0 Å². The van der Waals surface area contributed by atoms with E-state index in [9.17, 15) is 0 Å². The third-order valence-electron chi connectivity index (χ3n) is 3.23. The summed E-state index contributed by atoms with van der Waals surface area (Å²) < 4.78 is 10.6. The molecule has 0 aliphatic rings. The van der Waals surface area contributed by atoms with Crippen molar-refractivity contribution in [2.24, 2.45) is 0 Å². The van der Waals surface area contributed by atoms with Gasteiger partial charge in [-0.15, -0.1) is 0 Å². The molecular weight excluding hydrogens is 238 g/mol. The lowest BCUT2D eigenvalue weighted by Gasteiger charge is -2.22. The fourth-order valence-corrected chi connectivity index (χ4v) is 1.88. The summed E-state index contributed by atoms with van der Waals surface area (Å²) in [6.07, 6.45) is 7.70. The second-order valence-corrected chi connectivity index (χ2v) is 5.42. The Labute approximate surface area is 120 Å². The highest BCUT2D eigenvalue weighted by molar-refractivity contribution is 4.91. The summed E-state index contributed by atoms with van der Waals surface area (Å²) in [6.45, 7) is 10.9. The lowest BCUT2D eigenvalue weighted by atomic mass is 10.1. The second-order valence-electron chi connectivity index (χ2n) is 5.42. The molecule has 0 N–H and O–H groups in total. The van der Waals surface area contributed by atoms with Gasteiger partial charge >= 0.3 is 0 Å². The van der Waals surface area contributed by atoms with E-state index in [0.29, 0.717) is 6.10 Å². The minimum Gasteiger partial charge on any atom is -0.385 e. The number of likely N-dealkylation sites (N-methyl/N-ethyl adjacent to an activating group) is 1. The lowest BCUT2D eigenvalue weighted by Crippen LogP contribution is -2.23. The zero-order chi connectivity index (χ0) is 14.5. The molecule has 0 unspecified atom stereocenters. The first-order valence-corrected chi connectivity index (χ1v) is 7.57. The summed E-state index contributed by atoms with van der Waals surface area (Å²) in [5.41, 5.74) is 1.23. The zero-order valence-corrected chi connectivity index (χ0v) is 13.4. The molecule has 0 rings (SSSR count). The van der Waals surface area contributed by atoms with Crippen molar-refractivity contribution >= 4 is 0 Å². The van der Waals surface area contributed by atoms with Gasteiger partial charge in [0.25, 0.3) is 0 Å². The predicted molar refractivity (Wildman–Crippen MR) is 82.4 cm³/mol. The van der Waals surface area contributed by atoms with Crippen molar-refractivity contribution in [3.8, 4) is 0 Å². The Morgan fingerprint density at radius 3 is 2.32 bits per heavy atom. The average molecular weight is 271 g/mol. The largest absolute Gasteiger partial charge is 0.385 e. The van der Waals surface area contributed by atoms with E-state index in [4.69, 9.17) is 9.47 Å². The molecule has 0 aromatic rings. The molecule has 0 saturated carbocycles. The minimum absolute atomic E-state index is 0.314. The van der Waals surface area contributed by atoms with Crippen molar-refractivity contribution in [2.75, 3.05) is 33.9 Å². The molecule has 0 saturated heterocycles. The minimum atomic E-state index is 0.314. The third kappa shape index (κ3) is 12.2. The molecule has 19 heavy (non-hydrogen) atoms. The maximum absolute atomic E-state index is 5.55. The predicted octanol–water partition coefficient (Wildman–Crippen LogP) is 3.84. The molecule has 114 valence electrons. The van der Waals surface area contributed by atoms with Crippen LogP contribution >= 0.6 is 0 Å². The Kier molecular flexibility index (Phi) is 12.1. The number of hydrogen-bond donors (Lipinski definition) is 0. The molecule has 0 amide bonds. The highest BCUT2D eigenvalue weighted by Gasteiger charge is 2.02. The fourth-order valence-electron chi connectivity index (χ4n) is 1.88. The van der Waals surface area contributed by atoms with Gasteiger partial charge in [0, 0.05) is 33.0 Å². The zero-order valence-electron chi connectivity index (χ0n) is 13.4. The van der Waals surface area contributed by atoms with Gasteiger partial charge in [-0.2, -0.15) is 0 Å². The number of rotatable bonds is 13. The number of ether oxygens (including phenoxy) is 2. The average Bonchev–Trinajstić information content (AvgIpc) is 2.36. The number of allylic oxidation sites excluding steroid dienone is 1. The van der Waals surface area contributed by atoms with Crippen molar-refractivity contribution in [1.29, 1.82) is 0 Å². The number of hydrogen-bond acceptors (Lipinski definition) is 3. The van der Waals surface area contributed by atoms with Crippen LogP contribution in [0.5, 0.6) is 0 Å². The van der Waals surface area contributed by atoms with Crippen molar-refractivity contribution in [1.82, 2.24) is 4.90 Å². The van der Waals surface area contributed by atoms with Crippen LogP contribution in [0.3, 0.4) is 0 Å². The molecule has 3 nitrogen and oxygen atoms in total. The fraction of sp³-hybridized carbons (Fsp3) is 0.875. The second kappa shape index (κ2) is 12.5. The molecule has 0 fully saturated rings. The molecule has 0 aliphatic carbocycles. The van der Waals surface area contributed by atoms with E-state index >= 15 is 0 Å². The van der Waals surface area contributed by atoms with Crippen LogP contribution in [0.4, 0.5) is 0 Å². The molecule has 0 spiro atoms. The van der Waals surface area contributed by atoms with E-state index in [1.807, 2.05) is 0 Å². The molecule has 0 heterocycles. The molecular formula is C16H33NO2. The smallest absolute Gasteiger partial charge is 0.0644 e. The Hall–Kier alpha value is -0.540. The summed E-state index contributed by atoms with van der Waals surface area (Å²) in [6, 6.07) is 0. The van der Waals surface area contributed by atoms with Crippen LogP contribution in [0, 0.1) is 0 Å². The number of unbranched alkanes of at least 4 members (excludes halogenated alkanes) is 4. The SMILES string of the molecule is C=C(CCCCCCCOC)N(C)CCOC(C)C. The van der Waals surface area contributed by atoms with Crippen molar-refractivity contribution in [3.05, 3.63) is 12.3 Å². The Bertz CT molecular complexity index is 217. The first kappa shape index (κ1) is 18.5. The van der Waals surface area contributed by atoms with E-state index in [1.54, 1.807) is 7.11 Å². The van der Waals surface area contributed by atoms with Crippen LogP contribution in [0.2, 0.25) is 0 Å². The first-order chi connectivity index (χ1) is 9.07. The highest BCUT2D eigenvalue weighted by Crippen LogP contribution is 2.12. The summed E-state index contributed by atoms with van der Waals surface area (Å²) >= 11 is 0. The van der Waals surface area contributed by atoms with E-state index in [2.05, 4.69) is 32.4 Å². The normalized spacial score (nSPS) is 11.0. The summed E-state index contributed by atoms with van der Waals surface area (Å²) in [7, 11) is 3.87. The topological polar surface area (TPSA) is 21.7 Å². The van der Waals surface area contributed by atoms with Crippen LogP contribution in [-0.4, -0.2) is 44.9 Å². The number of methoxy groups -OCH3 is 1. The molecule has 0 bridgehead atoms. The van der Waals surface area contributed by atoms with Crippen LogP contribution < -0.4 is 0 Å². The van der Waals surface area contributed by atoms with Gasteiger partial charge in [0.2, 0.25) is 0 Å². The monoisotopic (exact) mass is 271 g/mol. The van der Waals surface area contributed by atoms with Gasteiger partial charge in [-0.25, -0.2) is 0 Å². The van der Waals surface area contributed by atoms with Gasteiger partial charge in [-0.05, 0) is 33.1 Å². The van der Waals surface area contributed by atoms with Crippen LogP contribution in [0.1, 0.15) is 52.4 Å². The van der Waals surface area contributed by atoms with Gasteiger partial charge in [0.05, 0.1) is 12.7 Å². The van der Waals surface area contributed by atoms with Crippen molar-refractivity contribution in [2.45, 2.75) is 58.5 Å². The Morgan fingerprint density at radius 2 is 1.68 bits per heavy atom. The number of nitrogens with zero attached hydrogens (tertiary/aromatic N) is 1. The molecule has 0 aliphatic heterocycles. The van der Waals surface area contributed by atoms with Crippen LogP contribution in [-0.2, 0) is 9.47 Å². The van der Waals surface area contributed by atoms with Crippen LogP contribution in [0.25, 0.3) is 0 Å². The lowest BCUT2D eigenvalue weighted by molar-refractivity contribution is 0.0682. The molecule has 0 atom stereocenters. The van der Waals surface area contributed by atoms with E-state index in [0.717, 1.165) is 26.2 Å². The summed E-state index contributed by atoms with van der Waals surface area (Å²) in [4.78, 5) is 2.22. The van der Waals surface area contributed by atoms with Crippen molar-refractivity contribution < 1.29 is 9.47 Å². The maximum Gasteiger partial charge on any atom is 0.0644 e. The standard InChI is InChI=1S/C16H33NO2/c1-15(2)19-14-12-17(4)16(3)11-9-7-6-8-10-13-18-5/h15H,3,6-14H2,1-2,4-5H3. The quantitative estimate of drug-likeness (QED) is 0.475. The molecule has 0 aromatic carbocycles. The van der Waals surface area contributed by atoms with Gasteiger partial charge in [0.15, 0.2) is 0 Å². The summed E-state index contributed by atoms with van der Waals surface area (Å²) in [5, 5.41) is 0. The van der Waals surface area contributed by atoms with Crippen LogP contribution in [0.15, 0.2) is 12.3 Å². The van der Waals surface area contributed by atoms with E-state index in [-0.39, 0.29) is 0 Å². The molecule has 0 aromatic heterocycles. The van der Waals surface area contributed by atoms with Gasteiger partial charge in [-0.3, -0.25) is 0 Å². The maximum atomic E-state index is 5.55. The van der Waals surface area contributed by atoms with E-state index in [1.165, 1.54) is 37.8 Å². The van der Waals surface area contributed by atoms with Crippen molar-refractivity contribution in [3.63, 3.8) is 0 Å². The highest BCUT2D eigenvalue weighted by atomic mass is 16.5. The van der Waals surface area contributed by atoms with Gasteiger partial charge in [-0.1, -0.05) is 25.8 Å². The van der Waals surface area contributed by atoms with Gasteiger partial charge in [0.1, 0.15) is 0 Å². The first-order valence-electron chi connectivity index (χ1n) is 7.57. The third-order valence-corrected chi connectivity index (χ3v) is 3.23. The van der Waals surface area contributed by atoms with Gasteiger partial charge < -0.3 is 14.4 Å². The Balaban J connectivity index is 3.41. The Morgan fingerprint density at radius 1 is 1.05 bits per heavy atom.